The second-order valence-corrected chi connectivity index (χ2v) is 2.72. The zero-order valence-electron chi connectivity index (χ0n) is 6.74. The number of aliphatic hydroxyl groups is 5. The summed E-state index contributed by atoms with van der Waals surface area (Å²) in [5.74, 6) is 0. The topological polar surface area (TPSA) is 142 Å². The third kappa shape index (κ3) is 2.35. The molecule has 1 saturated heterocycles. The first kappa shape index (κ1) is 12.7. The molecule has 5 atom stereocenters. The summed E-state index contributed by atoms with van der Waals surface area (Å²) in [6.07, 6.45) is -7.04. The summed E-state index contributed by atoms with van der Waals surface area (Å²) < 4.78 is 4.58. The predicted octanol–water partition coefficient (Wildman–Crippen LogP) is -4.05. The molecule has 0 unspecified atom stereocenters. The van der Waals surface area contributed by atoms with Gasteiger partial charge in [0, 0.05) is 0 Å². The lowest BCUT2D eigenvalue weighted by Crippen LogP contribution is -2.58. The quantitative estimate of drug-likeness (QED) is 0.290. The van der Waals surface area contributed by atoms with E-state index in [4.69, 9.17) is 25.5 Å². The molecule has 1 fully saturated rings. The van der Waals surface area contributed by atoms with Crippen molar-refractivity contribution in [2.24, 2.45) is 0 Å². The van der Waals surface area contributed by atoms with Gasteiger partial charge in [0.1, 0.15) is 24.4 Å². The first-order valence-corrected chi connectivity index (χ1v) is 3.56. The van der Waals surface area contributed by atoms with E-state index in [0.29, 0.717) is 0 Å². The van der Waals surface area contributed by atoms with Crippen LogP contribution in [0.5, 0.6) is 0 Å². The highest BCUT2D eigenvalue weighted by Crippen LogP contribution is 2.18. The fourth-order valence-corrected chi connectivity index (χ4v) is 1.08. The molecule has 1 rings (SSSR count). The van der Waals surface area contributed by atoms with Gasteiger partial charge in [-0.3, -0.25) is 0 Å². The van der Waals surface area contributed by atoms with Gasteiger partial charge in [0.15, 0.2) is 6.29 Å². The van der Waals surface area contributed by atoms with Crippen molar-refractivity contribution in [2.45, 2.75) is 30.7 Å². The van der Waals surface area contributed by atoms with E-state index in [1.807, 2.05) is 0 Å². The first-order valence-electron chi connectivity index (χ1n) is 3.56. The molecule has 1 heterocycles. The summed E-state index contributed by atoms with van der Waals surface area (Å²) in [5.41, 5.74) is 0. The molecule has 13 heavy (non-hydrogen) atoms. The van der Waals surface area contributed by atoms with Crippen molar-refractivity contribution in [1.82, 2.24) is 0 Å². The summed E-state index contributed by atoms with van der Waals surface area (Å²) in [6, 6.07) is 0. The molecule has 0 aliphatic carbocycles. The fraction of sp³-hybridized carbons (Fsp3) is 1.00. The van der Waals surface area contributed by atoms with Crippen molar-refractivity contribution in [3.8, 4) is 0 Å². The largest absolute Gasteiger partial charge is 0.412 e. The Hall–Kier alpha value is -0.280. The Labute approximate surface area is 74.1 Å². The van der Waals surface area contributed by atoms with Crippen LogP contribution in [0.3, 0.4) is 0 Å². The van der Waals surface area contributed by atoms with Gasteiger partial charge in [-0.1, -0.05) is 0 Å². The van der Waals surface area contributed by atoms with Crippen LogP contribution in [0, 0.1) is 0 Å². The third-order valence-electron chi connectivity index (χ3n) is 1.87. The van der Waals surface area contributed by atoms with Gasteiger partial charge in [-0.25, -0.2) is 0 Å². The van der Waals surface area contributed by atoms with E-state index < -0.39 is 37.3 Å². The van der Waals surface area contributed by atoms with Crippen LogP contribution in [0.25, 0.3) is 0 Å². The van der Waals surface area contributed by atoms with Crippen LogP contribution in [-0.4, -0.2) is 68.3 Å². The summed E-state index contributed by atoms with van der Waals surface area (Å²) >= 11 is 0. The molecule has 7 heteroatoms. The maximum Gasteiger partial charge on any atom is 0.184 e. The maximum atomic E-state index is 9.12. The van der Waals surface area contributed by atoms with E-state index >= 15 is 0 Å². The van der Waals surface area contributed by atoms with E-state index in [1.165, 1.54) is 0 Å². The van der Waals surface area contributed by atoms with Crippen LogP contribution < -0.4 is 0 Å². The number of aliphatic hydroxyl groups excluding tert-OH is 5. The maximum absolute atomic E-state index is 9.12. The molecule has 1 aliphatic heterocycles. The van der Waals surface area contributed by atoms with Crippen molar-refractivity contribution in [1.29, 1.82) is 0 Å². The van der Waals surface area contributed by atoms with E-state index in [2.05, 4.69) is 4.74 Å². The molecule has 1 aliphatic rings. The van der Waals surface area contributed by atoms with Crippen LogP contribution in [0.4, 0.5) is 0 Å². The average Bonchev–Trinajstić information content (AvgIpc) is 2.08. The SMILES string of the molecule is O.OC[C@H]1O[C@H](O)[C@H](O)[C@@H](O)[C@H]1O. The van der Waals surface area contributed by atoms with Gasteiger partial charge in [-0.05, 0) is 0 Å². The van der Waals surface area contributed by atoms with Gasteiger partial charge < -0.3 is 35.7 Å². The standard InChI is InChI=1S/C6H12O6.H2O/c7-1-2-3(8)4(9)5(10)6(11)12-2;/h2-11H,1H2;1H2/t2-,3+,4+,5-,6+;/m1./s1. The highest BCUT2D eigenvalue weighted by Gasteiger charge is 2.42. The molecule has 0 saturated carbocycles. The molecule has 0 spiro atoms. The molecule has 0 bridgehead atoms. The van der Waals surface area contributed by atoms with Gasteiger partial charge in [-0.2, -0.15) is 0 Å². The monoisotopic (exact) mass is 198 g/mol. The van der Waals surface area contributed by atoms with Crippen LogP contribution in [0.1, 0.15) is 0 Å². The Morgan fingerprint density at radius 1 is 0.923 bits per heavy atom. The van der Waals surface area contributed by atoms with E-state index in [0.717, 1.165) is 0 Å². The van der Waals surface area contributed by atoms with Crippen molar-refractivity contribution in [3.05, 3.63) is 0 Å². The molecule has 7 nitrogen and oxygen atoms in total. The lowest BCUT2D eigenvalue weighted by molar-refractivity contribution is -0.286. The fourth-order valence-electron chi connectivity index (χ4n) is 1.08. The van der Waals surface area contributed by atoms with Gasteiger partial charge in [0.25, 0.3) is 0 Å². The minimum Gasteiger partial charge on any atom is -0.412 e. The van der Waals surface area contributed by atoms with Gasteiger partial charge in [0.05, 0.1) is 6.61 Å². The van der Waals surface area contributed by atoms with Crippen LogP contribution >= 0.6 is 0 Å². The minimum absolute atomic E-state index is 0. The third-order valence-corrected chi connectivity index (χ3v) is 1.87. The second kappa shape index (κ2) is 4.82. The van der Waals surface area contributed by atoms with Crippen LogP contribution in [-0.2, 0) is 4.74 Å². The number of rotatable bonds is 1. The highest BCUT2D eigenvalue weighted by molar-refractivity contribution is 4.87. The molecule has 0 amide bonds. The van der Waals surface area contributed by atoms with Crippen molar-refractivity contribution < 1.29 is 35.7 Å². The molecule has 80 valence electrons. The Morgan fingerprint density at radius 3 is 1.92 bits per heavy atom. The molecule has 0 radical (unpaired) electrons. The number of ether oxygens (including phenoxy) is 1. The molecule has 0 aromatic rings. The zero-order valence-corrected chi connectivity index (χ0v) is 6.74. The first-order chi connectivity index (χ1) is 5.57. The average molecular weight is 198 g/mol. The molecule has 0 aromatic carbocycles. The predicted molar refractivity (Wildman–Crippen MR) is 39.6 cm³/mol. The Bertz CT molecular complexity index is 147. The van der Waals surface area contributed by atoms with Crippen LogP contribution in [0.2, 0.25) is 0 Å². The molecular weight excluding hydrogens is 184 g/mol. The normalized spacial score (nSPS) is 45.5. The molecular formula is C6H14O7. The van der Waals surface area contributed by atoms with Crippen molar-refractivity contribution in [3.63, 3.8) is 0 Å². The summed E-state index contributed by atoms with van der Waals surface area (Å²) in [5, 5.41) is 44.7. The van der Waals surface area contributed by atoms with Crippen molar-refractivity contribution in [2.75, 3.05) is 6.61 Å². The lowest BCUT2D eigenvalue weighted by Gasteiger charge is -2.37. The number of hydrogen-bond donors (Lipinski definition) is 5. The summed E-state index contributed by atoms with van der Waals surface area (Å²) in [7, 11) is 0. The molecule has 7 N–H and O–H groups in total. The molecule has 0 aromatic heterocycles. The lowest BCUT2D eigenvalue weighted by atomic mass is 10.00. The van der Waals surface area contributed by atoms with Gasteiger partial charge >= 0.3 is 0 Å². The van der Waals surface area contributed by atoms with Gasteiger partial charge in [0.2, 0.25) is 0 Å². The minimum atomic E-state index is -1.57. The number of hydrogen-bond acceptors (Lipinski definition) is 6. The second-order valence-electron chi connectivity index (χ2n) is 2.72. The Kier molecular flexibility index (Phi) is 4.71. The van der Waals surface area contributed by atoms with Crippen LogP contribution in [0.15, 0.2) is 0 Å². The van der Waals surface area contributed by atoms with Crippen molar-refractivity contribution >= 4 is 0 Å². The van der Waals surface area contributed by atoms with Gasteiger partial charge in [-0.15, -0.1) is 0 Å². The summed E-state index contributed by atoms with van der Waals surface area (Å²) in [4.78, 5) is 0. The highest BCUT2D eigenvalue weighted by atomic mass is 16.6. The van der Waals surface area contributed by atoms with E-state index in [9.17, 15) is 0 Å². The van der Waals surface area contributed by atoms with E-state index in [1.54, 1.807) is 0 Å². The Morgan fingerprint density at radius 2 is 1.46 bits per heavy atom. The summed E-state index contributed by atoms with van der Waals surface area (Å²) in [6.45, 7) is -0.526. The van der Waals surface area contributed by atoms with E-state index in [-0.39, 0.29) is 5.48 Å². The Balaban J connectivity index is 0.00000144. The smallest absolute Gasteiger partial charge is 0.184 e. The zero-order chi connectivity index (χ0) is 9.30.